The highest BCUT2D eigenvalue weighted by atomic mass is 16.5. The fourth-order valence-electron chi connectivity index (χ4n) is 4.14. The number of fused-ring (bicyclic) bond motifs is 1. The number of hydrogen-bond acceptors (Lipinski definition) is 5. The Labute approximate surface area is 186 Å². The number of nitrogens with zero attached hydrogens (tertiary/aromatic N) is 2. The van der Waals surface area contributed by atoms with Gasteiger partial charge in [0.2, 0.25) is 0 Å². The average Bonchev–Trinajstić information content (AvgIpc) is 3.15. The molecule has 2 aromatic carbocycles. The Morgan fingerprint density at radius 3 is 2.75 bits per heavy atom. The van der Waals surface area contributed by atoms with Crippen LogP contribution in [0.15, 0.2) is 65.6 Å². The van der Waals surface area contributed by atoms with Gasteiger partial charge in [-0.2, -0.15) is 0 Å². The Hall–Kier alpha value is -3.58. The van der Waals surface area contributed by atoms with E-state index in [4.69, 9.17) is 9.47 Å². The topological polar surface area (TPSA) is 81.2 Å². The number of aromatic amines is 1. The van der Waals surface area contributed by atoms with Crippen LogP contribution in [0.3, 0.4) is 0 Å². The number of rotatable bonds is 6. The Balaban J connectivity index is 1.35. The summed E-state index contributed by atoms with van der Waals surface area (Å²) < 4.78 is 13.2. The molecule has 3 heterocycles. The average molecular weight is 431 g/mol. The first kappa shape index (κ1) is 20.3. The zero-order valence-corrected chi connectivity index (χ0v) is 18.0. The lowest BCUT2D eigenvalue weighted by Gasteiger charge is -2.23. The zero-order valence-electron chi connectivity index (χ0n) is 18.0. The normalized spacial score (nSPS) is 14.5. The summed E-state index contributed by atoms with van der Waals surface area (Å²) in [6.07, 6.45) is 3.38. The van der Waals surface area contributed by atoms with Crippen LogP contribution in [0.25, 0.3) is 11.0 Å². The molecule has 4 aromatic rings. The molecule has 1 fully saturated rings. The van der Waals surface area contributed by atoms with E-state index in [0.29, 0.717) is 25.6 Å². The van der Waals surface area contributed by atoms with E-state index in [1.807, 2.05) is 66.1 Å². The number of ether oxygens (including phenoxy) is 2. The van der Waals surface area contributed by atoms with Crippen molar-refractivity contribution < 1.29 is 9.47 Å². The highest BCUT2D eigenvalue weighted by molar-refractivity contribution is 5.78. The van der Waals surface area contributed by atoms with Crippen molar-refractivity contribution in [3.63, 3.8) is 0 Å². The molecule has 1 aliphatic heterocycles. The molecule has 0 atom stereocenters. The second-order valence-corrected chi connectivity index (χ2v) is 8.11. The van der Waals surface area contributed by atoms with Crippen molar-refractivity contribution in [3.8, 4) is 5.75 Å². The van der Waals surface area contributed by atoms with Gasteiger partial charge in [0.1, 0.15) is 18.2 Å². The van der Waals surface area contributed by atoms with Gasteiger partial charge in [-0.25, -0.2) is 9.78 Å². The third kappa shape index (κ3) is 4.24. The molecule has 164 valence electrons. The van der Waals surface area contributed by atoms with Crippen LogP contribution < -0.4 is 15.7 Å². The van der Waals surface area contributed by atoms with Gasteiger partial charge < -0.3 is 19.8 Å². The van der Waals surface area contributed by atoms with Crippen LogP contribution in [0.4, 0.5) is 11.5 Å². The first-order valence-electron chi connectivity index (χ1n) is 10.9. The quantitative estimate of drug-likeness (QED) is 0.463. The number of aryl methyl sites for hydroxylation is 1. The van der Waals surface area contributed by atoms with Gasteiger partial charge in [0.15, 0.2) is 0 Å². The van der Waals surface area contributed by atoms with E-state index in [1.54, 1.807) is 6.20 Å². The van der Waals surface area contributed by atoms with E-state index >= 15 is 0 Å². The number of aromatic nitrogens is 3. The smallest absolute Gasteiger partial charge is 0.326 e. The largest absolute Gasteiger partial charge is 0.489 e. The van der Waals surface area contributed by atoms with Crippen molar-refractivity contribution in [1.29, 1.82) is 0 Å². The minimum atomic E-state index is -0.0954. The number of pyridine rings is 1. The van der Waals surface area contributed by atoms with Gasteiger partial charge in [-0.1, -0.05) is 30.3 Å². The third-order valence-corrected chi connectivity index (χ3v) is 5.87. The fourth-order valence-corrected chi connectivity index (χ4v) is 4.14. The van der Waals surface area contributed by atoms with Crippen molar-refractivity contribution in [2.24, 2.45) is 0 Å². The Morgan fingerprint density at radius 1 is 1.16 bits per heavy atom. The highest BCUT2D eigenvalue weighted by Crippen LogP contribution is 2.28. The summed E-state index contributed by atoms with van der Waals surface area (Å²) >= 11 is 0. The molecule has 0 amide bonds. The highest BCUT2D eigenvalue weighted by Gasteiger charge is 2.20. The molecule has 32 heavy (non-hydrogen) atoms. The molecule has 1 saturated heterocycles. The van der Waals surface area contributed by atoms with Gasteiger partial charge in [0, 0.05) is 31.0 Å². The van der Waals surface area contributed by atoms with E-state index in [-0.39, 0.29) is 11.7 Å². The standard InChI is InChI=1S/C25H26N4O3/c1-17-13-20(32-16-18-5-3-2-4-6-18)7-8-21(17)27-24-14-23-22(15-26-24)28-25(30)29(23)19-9-11-31-12-10-19/h2-8,13-15,19H,9-12,16H2,1H3,(H,26,27)(H,28,30). The number of H-pyrrole nitrogens is 1. The second-order valence-electron chi connectivity index (χ2n) is 8.11. The van der Waals surface area contributed by atoms with E-state index in [9.17, 15) is 4.79 Å². The lowest BCUT2D eigenvalue weighted by atomic mass is 10.1. The fraction of sp³-hybridized carbons (Fsp3) is 0.280. The molecule has 5 rings (SSSR count). The van der Waals surface area contributed by atoms with Crippen LogP contribution >= 0.6 is 0 Å². The predicted octanol–water partition coefficient (Wildman–Crippen LogP) is 4.71. The van der Waals surface area contributed by atoms with Gasteiger partial charge in [-0.05, 0) is 49.1 Å². The number of hydrogen-bond donors (Lipinski definition) is 2. The summed E-state index contributed by atoms with van der Waals surface area (Å²) in [6, 6.07) is 18.1. The van der Waals surface area contributed by atoms with Crippen LogP contribution in [0, 0.1) is 6.92 Å². The Bertz CT molecular complexity index is 1270. The third-order valence-electron chi connectivity index (χ3n) is 5.87. The molecule has 0 saturated carbocycles. The van der Waals surface area contributed by atoms with Crippen molar-refractivity contribution in [3.05, 3.63) is 82.4 Å². The van der Waals surface area contributed by atoms with E-state index in [0.717, 1.165) is 46.4 Å². The first-order chi connectivity index (χ1) is 15.7. The van der Waals surface area contributed by atoms with Gasteiger partial charge in [0.25, 0.3) is 0 Å². The number of imidazole rings is 1. The lowest BCUT2D eigenvalue weighted by molar-refractivity contribution is 0.0698. The number of benzene rings is 2. The summed E-state index contributed by atoms with van der Waals surface area (Å²) in [4.78, 5) is 20.0. The number of anilines is 2. The molecular weight excluding hydrogens is 404 g/mol. The van der Waals surface area contributed by atoms with Gasteiger partial charge in [-0.3, -0.25) is 4.57 Å². The molecular formula is C25H26N4O3. The molecule has 0 unspecified atom stereocenters. The molecule has 0 aliphatic carbocycles. The molecule has 1 aliphatic rings. The minimum absolute atomic E-state index is 0.0954. The monoisotopic (exact) mass is 430 g/mol. The summed E-state index contributed by atoms with van der Waals surface area (Å²) in [5, 5.41) is 3.38. The van der Waals surface area contributed by atoms with Crippen molar-refractivity contribution in [2.45, 2.75) is 32.4 Å². The van der Waals surface area contributed by atoms with E-state index < -0.39 is 0 Å². The van der Waals surface area contributed by atoms with Crippen LogP contribution in [0.1, 0.15) is 30.0 Å². The van der Waals surface area contributed by atoms with Gasteiger partial charge in [-0.15, -0.1) is 0 Å². The molecule has 7 heteroatoms. The molecule has 0 bridgehead atoms. The van der Waals surface area contributed by atoms with E-state index in [1.165, 1.54) is 0 Å². The minimum Gasteiger partial charge on any atom is -0.489 e. The van der Waals surface area contributed by atoms with Crippen LogP contribution in [0.5, 0.6) is 5.75 Å². The second kappa shape index (κ2) is 8.88. The summed E-state index contributed by atoms with van der Waals surface area (Å²) in [7, 11) is 0. The lowest BCUT2D eigenvalue weighted by Crippen LogP contribution is -2.27. The zero-order chi connectivity index (χ0) is 21.9. The van der Waals surface area contributed by atoms with Crippen molar-refractivity contribution in [2.75, 3.05) is 18.5 Å². The van der Waals surface area contributed by atoms with Crippen LogP contribution in [0.2, 0.25) is 0 Å². The van der Waals surface area contributed by atoms with Crippen molar-refractivity contribution >= 4 is 22.5 Å². The van der Waals surface area contributed by atoms with Gasteiger partial charge >= 0.3 is 5.69 Å². The van der Waals surface area contributed by atoms with Crippen molar-refractivity contribution in [1.82, 2.24) is 14.5 Å². The maximum absolute atomic E-state index is 12.6. The first-order valence-corrected chi connectivity index (χ1v) is 10.9. The van der Waals surface area contributed by atoms with Crippen LogP contribution in [-0.4, -0.2) is 27.7 Å². The number of nitrogens with one attached hydrogen (secondary N) is 2. The molecule has 2 aromatic heterocycles. The maximum atomic E-state index is 12.6. The molecule has 0 radical (unpaired) electrons. The van der Waals surface area contributed by atoms with Crippen LogP contribution in [-0.2, 0) is 11.3 Å². The molecule has 2 N–H and O–H groups in total. The Kier molecular flexibility index (Phi) is 5.64. The Morgan fingerprint density at radius 2 is 1.97 bits per heavy atom. The molecule has 0 spiro atoms. The molecule has 7 nitrogen and oxygen atoms in total. The summed E-state index contributed by atoms with van der Waals surface area (Å²) in [5.41, 5.74) is 4.63. The van der Waals surface area contributed by atoms with Gasteiger partial charge in [0.05, 0.1) is 17.2 Å². The maximum Gasteiger partial charge on any atom is 0.326 e. The van der Waals surface area contributed by atoms with E-state index in [2.05, 4.69) is 15.3 Å². The summed E-state index contributed by atoms with van der Waals surface area (Å²) in [6.45, 7) is 3.92. The predicted molar refractivity (Wildman–Crippen MR) is 125 cm³/mol. The SMILES string of the molecule is Cc1cc(OCc2ccccc2)ccc1Nc1cc2c(cn1)[nH]c(=O)n2C1CCOCC1. The summed E-state index contributed by atoms with van der Waals surface area (Å²) in [5.74, 6) is 1.51.